The van der Waals surface area contributed by atoms with Gasteiger partial charge in [-0.25, -0.2) is 4.98 Å². The second-order valence-corrected chi connectivity index (χ2v) is 7.77. The lowest BCUT2D eigenvalue weighted by Crippen LogP contribution is -2.34. The number of hydrogen-bond acceptors (Lipinski definition) is 5. The van der Waals surface area contributed by atoms with Gasteiger partial charge in [0, 0.05) is 24.5 Å². The van der Waals surface area contributed by atoms with Crippen LogP contribution in [0.5, 0.6) is 0 Å². The van der Waals surface area contributed by atoms with Crippen LogP contribution in [0, 0.1) is 0 Å². The molecule has 1 aromatic carbocycles. The molecule has 0 radical (unpaired) electrons. The molecular formula is C20H26N4O2S. The number of likely N-dealkylation sites (tertiary alicyclic amines) is 1. The van der Waals surface area contributed by atoms with Crippen molar-refractivity contribution in [1.82, 2.24) is 14.8 Å². The van der Waals surface area contributed by atoms with Crippen LogP contribution in [0.4, 0.5) is 5.13 Å². The van der Waals surface area contributed by atoms with E-state index in [1.807, 2.05) is 23.6 Å². The molecule has 2 aromatic rings. The van der Waals surface area contributed by atoms with E-state index in [0.29, 0.717) is 10.7 Å². The van der Waals surface area contributed by atoms with E-state index < -0.39 is 0 Å². The Hall–Kier alpha value is -2.25. The molecule has 1 saturated heterocycles. The lowest BCUT2D eigenvalue weighted by Gasteiger charge is -2.18. The Morgan fingerprint density at radius 1 is 1.15 bits per heavy atom. The Morgan fingerprint density at radius 3 is 2.56 bits per heavy atom. The van der Waals surface area contributed by atoms with Crippen LogP contribution in [0.3, 0.4) is 0 Å². The zero-order valence-electron chi connectivity index (χ0n) is 15.7. The third-order valence-corrected chi connectivity index (χ3v) is 5.44. The standard InChI is InChI=1S/C20H26N4O2S/c1-23(19(26)16-9-5-4-6-10-16)14-18(25)22-20-21-17(15-27-20)13-24-11-7-2-3-8-12-24/h4-6,9-10,15H,2-3,7-8,11-14H2,1H3,(H,21,22,25). The number of amides is 2. The van der Waals surface area contributed by atoms with E-state index in [-0.39, 0.29) is 18.4 Å². The van der Waals surface area contributed by atoms with Crippen LogP contribution < -0.4 is 5.32 Å². The van der Waals surface area contributed by atoms with Gasteiger partial charge in [0.1, 0.15) is 0 Å². The summed E-state index contributed by atoms with van der Waals surface area (Å²) in [5.41, 5.74) is 1.56. The fourth-order valence-corrected chi connectivity index (χ4v) is 3.93. The normalized spacial score (nSPS) is 15.1. The molecule has 27 heavy (non-hydrogen) atoms. The average molecular weight is 387 g/mol. The summed E-state index contributed by atoms with van der Waals surface area (Å²) in [4.78, 5) is 32.9. The zero-order chi connectivity index (χ0) is 19.1. The van der Waals surface area contributed by atoms with E-state index in [0.717, 1.165) is 25.3 Å². The predicted molar refractivity (Wildman–Crippen MR) is 108 cm³/mol. The van der Waals surface area contributed by atoms with E-state index in [2.05, 4.69) is 15.2 Å². The molecule has 0 unspecified atom stereocenters. The molecule has 3 rings (SSSR count). The van der Waals surface area contributed by atoms with Crippen molar-refractivity contribution in [3.8, 4) is 0 Å². The van der Waals surface area contributed by atoms with Gasteiger partial charge in [-0.3, -0.25) is 14.5 Å². The van der Waals surface area contributed by atoms with Crippen LogP contribution in [0.2, 0.25) is 0 Å². The number of aromatic nitrogens is 1. The van der Waals surface area contributed by atoms with E-state index in [1.54, 1.807) is 19.2 Å². The highest BCUT2D eigenvalue weighted by Crippen LogP contribution is 2.19. The van der Waals surface area contributed by atoms with Crippen molar-refractivity contribution in [3.05, 3.63) is 47.0 Å². The lowest BCUT2D eigenvalue weighted by molar-refractivity contribution is -0.116. The molecule has 6 nitrogen and oxygen atoms in total. The largest absolute Gasteiger partial charge is 0.332 e. The first-order valence-corrected chi connectivity index (χ1v) is 10.3. The Labute approximate surface area is 164 Å². The smallest absolute Gasteiger partial charge is 0.254 e. The van der Waals surface area contributed by atoms with Gasteiger partial charge in [0.15, 0.2) is 5.13 Å². The number of carbonyl (C=O) groups excluding carboxylic acids is 2. The van der Waals surface area contributed by atoms with Crippen LogP contribution in [-0.2, 0) is 11.3 Å². The first-order chi connectivity index (χ1) is 13.1. The summed E-state index contributed by atoms with van der Waals surface area (Å²) < 4.78 is 0. The SMILES string of the molecule is CN(CC(=O)Nc1nc(CN2CCCCCC2)cs1)C(=O)c1ccccc1. The molecule has 2 heterocycles. The number of nitrogens with one attached hydrogen (secondary N) is 1. The molecule has 1 aliphatic heterocycles. The molecule has 144 valence electrons. The van der Waals surface area contributed by atoms with E-state index >= 15 is 0 Å². The number of anilines is 1. The second-order valence-electron chi connectivity index (χ2n) is 6.91. The van der Waals surface area contributed by atoms with Crippen molar-refractivity contribution in [2.24, 2.45) is 0 Å². The van der Waals surface area contributed by atoms with Gasteiger partial charge in [-0.15, -0.1) is 11.3 Å². The summed E-state index contributed by atoms with van der Waals surface area (Å²) in [7, 11) is 1.63. The van der Waals surface area contributed by atoms with E-state index in [9.17, 15) is 9.59 Å². The number of hydrogen-bond donors (Lipinski definition) is 1. The molecule has 2 amide bonds. The van der Waals surface area contributed by atoms with Gasteiger partial charge in [-0.05, 0) is 38.1 Å². The summed E-state index contributed by atoms with van der Waals surface area (Å²) in [5.74, 6) is -0.413. The summed E-state index contributed by atoms with van der Waals surface area (Å²) in [5, 5.41) is 5.39. The molecule has 1 aromatic heterocycles. The minimum absolute atomic E-state index is 0.00519. The fourth-order valence-electron chi connectivity index (χ4n) is 3.21. The summed E-state index contributed by atoms with van der Waals surface area (Å²) in [6.45, 7) is 3.06. The Morgan fingerprint density at radius 2 is 1.85 bits per heavy atom. The average Bonchev–Trinajstić information content (AvgIpc) is 2.94. The number of nitrogens with zero attached hydrogens (tertiary/aromatic N) is 3. The van der Waals surface area contributed by atoms with Gasteiger partial charge in [0.25, 0.3) is 5.91 Å². The maximum Gasteiger partial charge on any atom is 0.254 e. The maximum atomic E-state index is 12.3. The molecule has 0 saturated carbocycles. The first kappa shape index (κ1) is 19.5. The molecule has 1 aliphatic rings. The van der Waals surface area contributed by atoms with E-state index in [1.165, 1.54) is 41.9 Å². The molecule has 7 heteroatoms. The van der Waals surface area contributed by atoms with Crippen molar-refractivity contribution >= 4 is 28.3 Å². The topological polar surface area (TPSA) is 65.5 Å². The summed E-state index contributed by atoms with van der Waals surface area (Å²) >= 11 is 1.43. The number of benzene rings is 1. The first-order valence-electron chi connectivity index (χ1n) is 9.39. The van der Waals surface area contributed by atoms with Crippen LogP contribution in [0.25, 0.3) is 0 Å². The third-order valence-electron chi connectivity index (χ3n) is 4.63. The highest BCUT2D eigenvalue weighted by Gasteiger charge is 2.16. The lowest BCUT2D eigenvalue weighted by atomic mass is 10.2. The molecule has 0 atom stereocenters. The molecule has 1 N–H and O–H groups in total. The Bertz CT molecular complexity index is 754. The minimum Gasteiger partial charge on any atom is -0.332 e. The Kier molecular flexibility index (Phi) is 6.95. The van der Waals surface area contributed by atoms with Crippen molar-refractivity contribution in [1.29, 1.82) is 0 Å². The summed E-state index contributed by atoms with van der Waals surface area (Å²) in [6, 6.07) is 8.96. The monoisotopic (exact) mass is 386 g/mol. The predicted octanol–water partition coefficient (Wildman–Crippen LogP) is 3.23. The molecule has 0 aliphatic carbocycles. The van der Waals surface area contributed by atoms with Crippen LogP contribution in [-0.4, -0.2) is 53.3 Å². The van der Waals surface area contributed by atoms with Crippen molar-refractivity contribution in [2.75, 3.05) is 32.0 Å². The van der Waals surface area contributed by atoms with E-state index in [4.69, 9.17) is 0 Å². The fraction of sp³-hybridized carbons (Fsp3) is 0.450. The molecular weight excluding hydrogens is 360 g/mol. The highest BCUT2D eigenvalue weighted by atomic mass is 32.1. The molecule has 0 spiro atoms. The van der Waals surface area contributed by atoms with Gasteiger partial charge in [0.2, 0.25) is 5.91 Å². The minimum atomic E-state index is -0.238. The third kappa shape index (κ3) is 5.87. The van der Waals surface area contributed by atoms with Gasteiger partial charge < -0.3 is 10.2 Å². The highest BCUT2D eigenvalue weighted by molar-refractivity contribution is 7.13. The van der Waals surface area contributed by atoms with Crippen molar-refractivity contribution in [3.63, 3.8) is 0 Å². The van der Waals surface area contributed by atoms with Gasteiger partial charge in [0.05, 0.1) is 12.2 Å². The number of rotatable bonds is 6. The maximum absolute atomic E-state index is 12.3. The van der Waals surface area contributed by atoms with Gasteiger partial charge in [-0.1, -0.05) is 31.0 Å². The van der Waals surface area contributed by atoms with Crippen LogP contribution in [0.15, 0.2) is 35.7 Å². The molecule has 0 bridgehead atoms. The van der Waals surface area contributed by atoms with Crippen molar-refractivity contribution in [2.45, 2.75) is 32.2 Å². The summed E-state index contributed by atoms with van der Waals surface area (Å²) in [6.07, 6.45) is 5.11. The van der Waals surface area contributed by atoms with Crippen LogP contribution >= 0.6 is 11.3 Å². The van der Waals surface area contributed by atoms with Crippen molar-refractivity contribution < 1.29 is 9.59 Å². The number of likely N-dealkylation sites (N-methyl/N-ethyl adjacent to an activating group) is 1. The second kappa shape index (κ2) is 9.62. The molecule has 1 fully saturated rings. The number of carbonyl (C=O) groups is 2. The van der Waals surface area contributed by atoms with Gasteiger partial charge in [-0.2, -0.15) is 0 Å². The van der Waals surface area contributed by atoms with Gasteiger partial charge >= 0.3 is 0 Å². The number of thiazole rings is 1. The van der Waals surface area contributed by atoms with Crippen LogP contribution in [0.1, 0.15) is 41.7 Å². The zero-order valence-corrected chi connectivity index (χ0v) is 16.5. The quantitative estimate of drug-likeness (QED) is 0.828. The Balaban J connectivity index is 1.49.